The third kappa shape index (κ3) is 5.60. The summed E-state index contributed by atoms with van der Waals surface area (Å²) < 4.78 is 37.0. The molecule has 0 aliphatic carbocycles. The number of nitrogens with one attached hydrogen (secondary N) is 1. The Morgan fingerprint density at radius 2 is 2.00 bits per heavy atom. The molecule has 7 nitrogen and oxygen atoms in total. The van der Waals surface area contributed by atoms with Crippen LogP contribution in [0.2, 0.25) is 10.0 Å². The van der Waals surface area contributed by atoms with E-state index in [4.69, 9.17) is 32.7 Å². The normalized spacial score (nSPS) is 22.8. The van der Waals surface area contributed by atoms with Crippen LogP contribution < -0.4 is 19.7 Å². The maximum absolute atomic E-state index is 12.7. The van der Waals surface area contributed by atoms with Crippen molar-refractivity contribution in [3.63, 3.8) is 0 Å². The lowest BCUT2D eigenvalue weighted by atomic mass is 9.86. The summed E-state index contributed by atoms with van der Waals surface area (Å²) in [6.07, 6.45) is -0.815. The molecule has 200 valence electrons. The highest BCUT2D eigenvalue weighted by Crippen LogP contribution is 2.43. The van der Waals surface area contributed by atoms with Gasteiger partial charge in [0.15, 0.2) is 0 Å². The van der Waals surface area contributed by atoms with Crippen LogP contribution in [0.25, 0.3) is 0 Å². The molecule has 2 atom stereocenters. The molecule has 0 saturated carbocycles. The van der Waals surface area contributed by atoms with Crippen molar-refractivity contribution in [2.75, 3.05) is 43.0 Å². The molecule has 1 spiro atoms. The van der Waals surface area contributed by atoms with E-state index in [9.17, 15) is 18.7 Å². The number of aliphatic hydroxyl groups excluding tert-OH is 1. The molecule has 2 fully saturated rings. The van der Waals surface area contributed by atoms with Crippen molar-refractivity contribution in [3.05, 3.63) is 45.9 Å². The van der Waals surface area contributed by atoms with E-state index >= 15 is 0 Å². The number of rotatable bonds is 6. The third-order valence-corrected chi connectivity index (χ3v) is 7.90. The zero-order chi connectivity index (χ0) is 26.3. The average molecular weight is 556 g/mol. The predicted octanol–water partition coefficient (Wildman–Crippen LogP) is 4.61. The predicted molar refractivity (Wildman–Crippen MR) is 139 cm³/mol. The van der Waals surface area contributed by atoms with Gasteiger partial charge in [-0.3, -0.25) is 9.69 Å². The minimum atomic E-state index is -2.65. The van der Waals surface area contributed by atoms with Crippen molar-refractivity contribution < 1.29 is 28.2 Å². The maximum atomic E-state index is 12.7. The van der Waals surface area contributed by atoms with Crippen molar-refractivity contribution in [2.24, 2.45) is 0 Å². The summed E-state index contributed by atoms with van der Waals surface area (Å²) in [5.74, 6) is 0.694. The summed E-state index contributed by atoms with van der Waals surface area (Å²) in [6.45, 7) is 2.92. The van der Waals surface area contributed by atoms with Gasteiger partial charge in [0.2, 0.25) is 5.91 Å². The molecule has 3 heterocycles. The molecule has 2 aromatic rings. The van der Waals surface area contributed by atoms with Crippen LogP contribution in [0.4, 0.5) is 20.2 Å². The number of nitrogens with zero attached hydrogens (tertiary/aromatic N) is 2. The molecule has 0 radical (unpaired) electrons. The van der Waals surface area contributed by atoms with Crippen molar-refractivity contribution in [1.82, 2.24) is 4.90 Å². The van der Waals surface area contributed by atoms with Crippen molar-refractivity contribution in [3.8, 4) is 11.5 Å². The van der Waals surface area contributed by atoms with Crippen LogP contribution in [0.5, 0.6) is 11.5 Å². The molecular weight excluding hydrogens is 527 g/mol. The van der Waals surface area contributed by atoms with E-state index in [1.165, 1.54) is 13.0 Å². The third-order valence-electron chi connectivity index (χ3n) is 7.37. The first kappa shape index (κ1) is 26.3. The van der Waals surface area contributed by atoms with Gasteiger partial charge in [-0.15, -0.1) is 0 Å². The number of hydrogen-bond donors (Lipinski definition) is 2. The fourth-order valence-electron chi connectivity index (χ4n) is 5.63. The summed E-state index contributed by atoms with van der Waals surface area (Å²) >= 11 is 12.4. The highest BCUT2D eigenvalue weighted by Gasteiger charge is 2.45. The lowest BCUT2D eigenvalue weighted by Crippen LogP contribution is -2.53. The first-order chi connectivity index (χ1) is 17.6. The van der Waals surface area contributed by atoms with Gasteiger partial charge in [0.25, 0.3) is 6.43 Å². The number of likely N-dealkylation sites (tertiary alicyclic amines) is 1. The Balaban J connectivity index is 1.29. The molecule has 2 saturated heterocycles. The Labute approximate surface area is 224 Å². The van der Waals surface area contributed by atoms with Gasteiger partial charge in [0, 0.05) is 63.5 Å². The maximum Gasteiger partial charge on any atom is 0.272 e. The minimum Gasteiger partial charge on any atom is -0.487 e. The zero-order valence-corrected chi connectivity index (χ0v) is 21.9. The van der Waals surface area contributed by atoms with Crippen LogP contribution in [0.3, 0.4) is 0 Å². The summed E-state index contributed by atoms with van der Waals surface area (Å²) in [6, 6.07) is 8.63. The Morgan fingerprint density at radius 1 is 1.24 bits per heavy atom. The molecular formula is C26H29Cl2F2N3O4. The number of fused-ring (bicyclic) bond motifs is 1. The lowest BCUT2D eigenvalue weighted by Gasteiger charge is -2.41. The molecule has 37 heavy (non-hydrogen) atoms. The summed E-state index contributed by atoms with van der Waals surface area (Å²) in [4.78, 5) is 16.0. The molecule has 3 aliphatic heterocycles. The molecule has 1 unspecified atom stereocenters. The van der Waals surface area contributed by atoms with E-state index in [0.29, 0.717) is 29.5 Å². The first-order valence-electron chi connectivity index (χ1n) is 12.3. The van der Waals surface area contributed by atoms with Crippen LogP contribution in [0.15, 0.2) is 30.3 Å². The topological polar surface area (TPSA) is 74.3 Å². The monoisotopic (exact) mass is 555 g/mol. The number of piperidine rings is 1. The molecule has 3 aliphatic rings. The van der Waals surface area contributed by atoms with Crippen molar-refractivity contribution >= 4 is 40.5 Å². The highest BCUT2D eigenvalue weighted by molar-refractivity contribution is 6.32. The fourth-order valence-corrected chi connectivity index (χ4v) is 6.04. The second kappa shape index (κ2) is 10.4. The summed E-state index contributed by atoms with van der Waals surface area (Å²) in [5.41, 5.74) is 1.87. The molecule has 0 aromatic heterocycles. The largest absolute Gasteiger partial charge is 0.487 e. The first-order valence-corrected chi connectivity index (χ1v) is 13.0. The summed E-state index contributed by atoms with van der Waals surface area (Å²) in [5, 5.41) is 14.6. The van der Waals surface area contributed by atoms with Gasteiger partial charge in [-0.1, -0.05) is 23.2 Å². The van der Waals surface area contributed by atoms with Gasteiger partial charge in [-0.2, -0.15) is 0 Å². The molecule has 0 bridgehead atoms. The summed E-state index contributed by atoms with van der Waals surface area (Å²) in [7, 11) is 0. The Kier molecular flexibility index (Phi) is 7.42. The van der Waals surface area contributed by atoms with Crippen LogP contribution in [0, 0.1) is 0 Å². The molecule has 11 heteroatoms. The van der Waals surface area contributed by atoms with Crippen LogP contribution >= 0.6 is 23.2 Å². The van der Waals surface area contributed by atoms with Gasteiger partial charge >= 0.3 is 0 Å². The van der Waals surface area contributed by atoms with E-state index in [0.717, 1.165) is 43.7 Å². The van der Waals surface area contributed by atoms with Gasteiger partial charge in [-0.25, -0.2) is 8.78 Å². The number of carbonyl (C=O) groups is 1. The number of anilines is 2. The SMILES string of the molecule is CC(=O)Nc1cc(Cl)c(OCC(F)F)cc1N1CC(N2CCC3(CC2)Cc2cc(Cl)ccc2O3)[C@H](O)C1. The van der Waals surface area contributed by atoms with Gasteiger partial charge in [0.05, 0.1) is 28.5 Å². The number of β-amino-alcohol motifs (C(OH)–C–C–N with tert-alkyl or cyclic N) is 1. The average Bonchev–Trinajstić information content (AvgIpc) is 3.38. The van der Waals surface area contributed by atoms with Crippen LogP contribution in [-0.4, -0.2) is 72.9 Å². The second-order valence-corrected chi connectivity index (χ2v) is 10.8. The van der Waals surface area contributed by atoms with E-state index < -0.39 is 19.1 Å². The number of benzene rings is 2. The van der Waals surface area contributed by atoms with Gasteiger partial charge < -0.3 is 24.8 Å². The molecule has 2 N–H and O–H groups in total. The fraction of sp³-hybridized carbons (Fsp3) is 0.500. The number of carbonyl (C=O) groups excluding carboxylic acids is 1. The minimum absolute atomic E-state index is 0.0991. The van der Waals surface area contributed by atoms with Crippen LogP contribution in [0.1, 0.15) is 25.3 Å². The second-order valence-electron chi connectivity index (χ2n) is 9.97. The quantitative estimate of drug-likeness (QED) is 0.542. The number of hydrogen-bond acceptors (Lipinski definition) is 6. The molecule has 5 rings (SSSR count). The Hall–Kier alpha value is -2.33. The van der Waals surface area contributed by atoms with E-state index in [-0.39, 0.29) is 28.3 Å². The number of ether oxygens (including phenoxy) is 2. The molecule has 1 amide bonds. The molecule has 2 aromatic carbocycles. The van der Waals surface area contributed by atoms with Gasteiger partial charge in [0.1, 0.15) is 23.7 Å². The van der Waals surface area contributed by atoms with Crippen molar-refractivity contribution in [1.29, 1.82) is 0 Å². The van der Waals surface area contributed by atoms with E-state index in [1.807, 2.05) is 23.1 Å². The highest BCUT2D eigenvalue weighted by atomic mass is 35.5. The zero-order valence-electron chi connectivity index (χ0n) is 20.4. The standard InChI is InChI=1S/C26H29Cl2F2N3O4/c1-15(34)31-19-9-18(28)24(36-14-25(29)30)10-20(19)33-12-21(22(35)13-33)32-6-4-26(5-7-32)11-16-8-17(27)2-3-23(16)37-26/h2-3,8-10,21-22,25,35H,4-7,11-14H2,1H3,(H,31,34)/t21?,22-/m1/s1. The van der Waals surface area contributed by atoms with Crippen LogP contribution in [-0.2, 0) is 11.2 Å². The smallest absolute Gasteiger partial charge is 0.272 e. The number of alkyl halides is 2. The van der Waals surface area contributed by atoms with Gasteiger partial charge in [-0.05, 0) is 29.8 Å². The number of halogens is 4. The Morgan fingerprint density at radius 3 is 2.70 bits per heavy atom. The van der Waals surface area contributed by atoms with E-state index in [1.54, 1.807) is 6.07 Å². The number of aliphatic hydroxyl groups is 1. The lowest BCUT2D eigenvalue weighted by molar-refractivity contribution is -0.114. The van der Waals surface area contributed by atoms with E-state index in [2.05, 4.69) is 10.2 Å². The Bertz CT molecular complexity index is 1180. The number of amides is 1. The van der Waals surface area contributed by atoms with Crippen molar-refractivity contribution in [2.45, 2.75) is 50.4 Å².